The molecule has 5 heteroatoms. The molecule has 0 aliphatic carbocycles. The molecular weight excluding hydrogens is 290 g/mol. The van der Waals surface area contributed by atoms with Crippen LogP contribution >= 0.6 is 0 Å². The van der Waals surface area contributed by atoms with Gasteiger partial charge in [-0.15, -0.1) is 0 Å². The van der Waals surface area contributed by atoms with Crippen LogP contribution in [0, 0.1) is 17.2 Å². The first-order valence-corrected chi connectivity index (χ1v) is 8.15. The van der Waals surface area contributed by atoms with E-state index in [1.807, 2.05) is 0 Å². The lowest BCUT2D eigenvalue weighted by Crippen LogP contribution is -2.57. The number of piperidine rings is 3. The summed E-state index contributed by atoms with van der Waals surface area (Å²) in [6.07, 6.45) is 4.11. The number of ether oxygens (including phenoxy) is 1. The molecule has 0 aromatic heterocycles. The van der Waals surface area contributed by atoms with Crippen molar-refractivity contribution in [2.24, 2.45) is 5.92 Å². The van der Waals surface area contributed by atoms with Gasteiger partial charge in [-0.2, -0.15) is 5.26 Å². The van der Waals surface area contributed by atoms with Crippen LogP contribution in [0.4, 0.5) is 0 Å². The number of benzene rings is 1. The van der Waals surface area contributed by atoms with Gasteiger partial charge in [0.05, 0.1) is 11.6 Å². The molecule has 0 unspecified atom stereocenters. The van der Waals surface area contributed by atoms with Crippen LogP contribution in [-0.4, -0.2) is 43.1 Å². The summed E-state index contributed by atoms with van der Waals surface area (Å²) in [5, 5.41) is 12.3. The van der Waals surface area contributed by atoms with Crippen molar-refractivity contribution >= 4 is 11.5 Å². The molecule has 1 aromatic rings. The second kappa shape index (κ2) is 5.71. The Hall–Kier alpha value is -2.32. The number of hydrogen-bond acceptors (Lipinski definition) is 4. The van der Waals surface area contributed by atoms with Crippen molar-refractivity contribution in [3.63, 3.8) is 0 Å². The number of amides is 1. The predicted octanol–water partition coefficient (Wildman–Crippen LogP) is 1.81. The van der Waals surface area contributed by atoms with E-state index >= 15 is 0 Å². The molecule has 1 aromatic carbocycles. The zero-order chi connectivity index (χ0) is 15.8. The molecule has 23 heavy (non-hydrogen) atoms. The fourth-order valence-electron chi connectivity index (χ4n) is 3.82. The van der Waals surface area contributed by atoms with Gasteiger partial charge < -0.3 is 15.0 Å². The maximum atomic E-state index is 12.6. The highest BCUT2D eigenvalue weighted by atomic mass is 16.5. The van der Waals surface area contributed by atoms with Crippen molar-refractivity contribution in [2.45, 2.75) is 18.9 Å². The molecule has 3 saturated heterocycles. The average Bonchev–Trinajstić information content (AvgIpc) is 2.61. The van der Waals surface area contributed by atoms with E-state index in [1.165, 1.54) is 12.8 Å². The SMILES string of the molecule is N#CC1=CCOc2cc(C(=O)N[C@H]3CN4CCC3CC4)ccc21. The summed E-state index contributed by atoms with van der Waals surface area (Å²) < 4.78 is 5.57. The summed E-state index contributed by atoms with van der Waals surface area (Å²) in [7, 11) is 0. The number of nitrogens with zero attached hydrogens (tertiary/aromatic N) is 2. The molecule has 1 atom stereocenters. The van der Waals surface area contributed by atoms with E-state index in [1.54, 1.807) is 24.3 Å². The first-order chi connectivity index (χ1) is 11.2. The Morgan fingerprint density at radius 1 is 1.35 bits per heavy atom. The molecule has 5 nitrogen and oxygen atoms in total. The van der Waals surface area contributed by atoms with Crippen LogP contribution in [0.5, 0.6) is 5.75 Å². The number of nitrogens with one attached hydrogen (secondary N) is 1. The molecule has 2 bridgehead atoms. The highest BCUT2D eigenvalue weighted by Gasteiger charge is 2.35. The normalized spacial score (nSPS) is 28.1. The van der Waals surface area contributed by atoms with Crippen molar-refractivity contribution in [2.75, 3.05) is 26.2 Å². The van der Waals surface area contributed by atoms with Gasteiger partial charge in [-0.05, 0) is 56.1 Å². The first kappa shape index (κ1) is 14.3. The largest absolute Gasteiger partial charge is 0.489 e. The van der Waals surface area contributed by atoms with Crippen molar-refractivity contribution < 1.29 is 9.53 Å². The van der Waals surface area contributed by atoms with Gasteiger partial charge in [-0.3, -0.25) is 4.79 Å². The van der Waals surface area contributed by atoms with E-state index < -0.39 is 0 Å². The van der Waals surface area contributed by atoms with E-state index in [4.69, 9.17) is 10.00 Å². The summed E-state index contributed by atoms with van der Waals surface area (Å²) in [4.78, 5) is 15.0. The maximum Gasteiger partial charge on any atom is 0.251 e. The number of hydrogen-bond donors (Lipinski definition) is 1. The van der Waals surface area contributed by atoms with Crippen molar-refractivity contribution in [1.82, 2.24) is 10.2 Å². The van der Waals surface area contributed by atoms with Crippen molar-refractivity contribution in [3.8, 4) is 11.8 Å². The van der Waals surface area contributed by atoms with E-state index in [-0.39, 0.29) is 11.9 Å². The number of carbonyl (C=O) groups is 1. The van der Waals surface area contributed by atoms with Crippen LogP contribution in [0.2, 0.25) is 0 Å². The molecule has 3 fully saturated rings. The highest BCUT2D eigenvalue weighted by Crippen LogP contribution is 2.31. The topological polar surface area (TPSA) is 65.4 Å². The van der Waals surface area contributed by atoms with Gasteiger partial charge >= 0.3 is 0 Å². The van der Waals surface area contributed by atoms with Gasteiger partial charge in [0.2, 0.25) is 0 Å². The highest BCUT2D eigenvalue weighted by molar-refractivity contribution is 5.96. The van der Waals surface area contributed by atoms with Crippen LogP contribution in [-0.2, 0) is 0 Å². The minimum atomic E-state index is -0.0526. The smallest absolute Gasteiger partial charge is 0.251 e. The Balaban J connectivity index is 1.51. The third-order valence-corrected chi connectivity index (χ3v) is 5.15. The maximum absolute atomic E-state index is 12.6. The third kappa shape index (κ3) is 2.60. The lowest BCUT2D eigenvalue weighted by molar-refractivity contribution is 0.0620. The van der Waals surface area contributed by atoms with E-state index in [0.717, 1.165) is 25.2 Å². The molecule has 4 aliphatic heterocycles. The number of nitriles is 1. The lowest BCUT2D eigenvalue weighted by Gasteiger charge is -2.44. The zero-order valence-corrected chi connectivity index (χ0v) is 12.9. The molecule has 118 valence electrons. The lowest BCUT2D eigenvalue weighted by atomic mass is 9.84. The number of rotatable bonds is 2. The van der Waals surface area contributed by atoms with Crippen LogP contribution in [0.3, 0.4) is 0 Å². The molecule has 0 saturated carbocycles. The Labute approximate surface area is 135 Å². The Morgan fingerprint density at radius 3 is 2.87 bits per heavy atom. The molecule has 0 spiro atoms. The zero-order valence-electron chi connectivity index (χ0n) is 12.9. The quantitative estimate of drug-likeness (QED) is 0.905. The Morgan fingerprint density at radius 2 is 2.17 bits per heavy atom. The molecular formula is C18H19N3O2. The fraction of sp³-hybridized carbons (Fsp3) is 0.444. The predicted molar refractivity (Wildman–Crippen MR) is 85.9 cm³/mol. The molecule has 0 radical (unpaired) electrons. The van der Waals surface area contributed by atoms with Crippen LogP contribution in [0.25, 0.3) is 5.57 Å². The van der Waals surface area contributed by atoms with Gasteiger partial charge in [0.15, 0.2) is 0 Å². The van der Waals surface area contributed by atoms with Crippen LogP contribution in [0.15, 0.2) is 24.3 Å². The number of fused-ring (bicyclic) bond motifs is 4. The molecule has 4 heterocycles. The first-order valence-electron chi connectivity index (χ1n) is 8.15. The second-order valence-electron chi connectivity index (χ2n) is 6.47. The number of allylic oxidation sites excluding steroid dienone is 1. The summed E-state index contributed by atoms with van der Waals surface area (Å²) in [5.41, 5.74) is 1.97. The van der Waals surface area contributed by atoms with Crippen LogP contribution in [0.1, 0.15) is 28.8 Å². The summed E-state index contributed by atoms with van der Waals surface area (Å²) in [6.45, 7) is 3.65. The van der Waals surface area contributed by atoms with Crippen LogP contribution < -0.4 is 10.1 Å². The van der Waals surface area contributed by atoms with E-state index in [9.17, 15) is 4.79 Å². The van der Waals surface area contributed by atoms with Crippen molar-refractivity contribution in [1.29, 1.82) is 5.26 Å². The summed E-state index contributed by atoms with van der Waals surface area (Å²) in [6, 6.07) is 7.73. The molecule has 5 rings (SSSR count). The van der Waals surface area contributed by atoms with E-state index in [0.29, 0.717) is 29.4 Å². The minimum Gasteiger partial charge on any atom is -0.489 e. The number of carbonyl (C=O) groups excluding carboxylic acids is 1. The van der Waals surface area contributed by atoms with Gasteiger partial charge in [0, 0.05) is 23.7 Å². The van der Waals surface area contributed by atoms with Gasteiger partial charge in [-0.1, -0.05) is 0 Å². The molecule has 1 N–H and O–H groups in total. The standard InChI is InChI=1S/C18H19N3O2/c19-10-14-5-8-23-17-9-13(1-2-15(14)17)18(22)20-16-11-21-6-3-12(16)4-7-21/h1-2,5,9,12,16H,3-4,6-8,11H2,(H,20,22)/t16-/m0/s1. The second-order valence-corrected chi connectivity index (χ2v) is 6.47. The van der Waals surface area contributed by atoms with Crippen molar-refractivity contribution in [3.05, 3.63) is 35.4 Å². The summed E-state index contributed by atoms with van der Waals surface area (Å²) in [5.74, 6) is 1.17. The molecule has 4 aliphatic rings. The molecule has 1 amide bonds. The Bertz CT molecular complexity index is 711. The fourth-order valence-corrected chi connectivity index (χ4v) is 3.82. The minimum absolute atomic E-state index is 0.0526. The Kier molecular flexibility index (Phi) is 3.55. The average molecular weight is 309 g/mol. The van der Waals surface area contributed by atoms with Gasteiger partial charge in [0.1, 0.15) is 12.4 Å². The third-order valence-electron chi connectivity index (χ3n) is 5.15. The monoisotopic (exact) mass is 309 g/mol. The van der Waals surface area contributed by atoms with E-state index in [2.05, 4.69) is 16.3 Å². The summed E-state index contributed by atoms with van der Waals surface area (Å²) >= 11 is 0. The van der Waals surface area contributed by atoms with Gasteiger partial charge in [0.25, 0.3) is 5.91 Å². The van der Waals surface area contributed by atoms with Gasteiger partial charge in [-0.25, -0.2) is 0 Å².